The van der Waals surface area contributed by atoms with Crippen LogP contribution < -0.4 is 5.32 Å². The molecule has 120 valence electrons. The Labute approximate surface area is 141 Å². The van der Waals surface area contributed by atoms with Gasteiger partial charge in [-0.25, -0.2) is 0 Å². The number of nitrogens with zero attached hydrogens (tertiary/aromatic N) is 2. The predicted octanol–water partition coefficient (Wildman–Crippen LogP) is 1.88. The number of fused-ring (bicyclic) bond motifs is 1. The molecule has 3 atom stereocenters. The summed E-state index contributed by atoms with van der Waals surface area (Å²) in [6.07, 6.45) is 1.90. The van der Waals surface area contributed by atoms with E-state index in [2.05, 4.69) is 57.3 Å². The lowest BCUT2D eigenvalue weighted by atomic mass is 9.95. The van der Waals surface area contributed by atoms with Gasteiger partial charge in [-0.05, 0) is 30.5 Å². The molecule has 0 saturated carbocycles. The predicted molar refractivity (Wildman–Crippen MR) is 91.8 cm³/mol. The van der Waals surface area contributed by atoms with Crippen molar-refractivity contribution < 1.29 is 4.79 Å². The van der Waals surface area contributed by atoms with Gasteiger partial charge in [-0.2, -0.15) is 0 Å². The number of amides is 1. The molecule has 0 bridgehead atoms. The van der Waals surface area contributed by atoms with Gasteiger partial charge in [0.1, 0.15) is 0 Å². The Balaban J connectivity index is 1.80. The van der Waals surface area contributed by atoms with E-state index in [0.29, 0.717) is 12.1 Å². The van der Waals surface area contributed by atoms with E-state index in [4.69, 9.17) is 0 Å². The zero-order valence-electron chi connectivity index (χ0n) is 13.3. The Morgan fingerprint density at radius 3 is 2.68 bits per heavy atom. The van der Waals surface area contributed by atoms with Crippen molar-refractivity contribution in [3.63, 3.8) is 0 Å². The van der Waals surface area contributed by atoms with Gasteiger partial charge in [0.25, 0.3) is 0 Å². The molecule has 0 unspecified atom stereocenters. The Hall–Kier alpha value is -0.910. The third-order valence-corrected chi connectivity index (χ3v) is 5.45. The molecular formula is C17H24BrN3O. The highest BCUT2D eigenvalue weighted by atomic mass is 79.9. The monoisotopic (exact) mass is 365 g/mol. The maximum Gasteiger partial charge on any atom is 0.240 e. The molecule has 2 saturated heterocycles. The highest BCUT2D eigenvalue weighted by Gasteiger charge is 2.41. The van der Waals surface area contributed by atoms with Gasteiger partial charge in [0.05, 0.1) is 6.04 Å². The molecule has 4 nitrogen and oxygen atoms in total. The first-order valence-electron chi connectivity index (χ1n) is 8.07. The molecule has 1 N–H and O–H groups in total. The molecule has 1 amide bonds. The van der Waals surface area contributed by atoms with Crippen LogP contribution in [-0.4, -0.2) is 60.5 Å². The first-order chi connectivity index (χ1) is 10.6. The van der Waals surface area contributed by atoms with Gasteiger partial charge in [-0.3, -0.25) is 9.69 Å². The standard InChI is InChI=1S/C17H24BrN3O/c1-3-14-10-21-15(9-19-14)11-20(2)17(22)16(21)8-12-4-6-13(18)7-5-12/h4-7,14-16,19H,3,8-11H2,1-2H3/t14-,15+,16-/m0/s1. The van der Waals surface area contributed by atoms with Crippen molar-refractivity contribution in [2.24, 2.45) is 0 Å². The topological polar surface area (TPSA) is 35.6 Å². The number of piperazine rings is 2. The molecule has 0 radical (unpaired) electrons. The van der Waals surface area contributed by atoms with Crippen molar-refractivity contribution >= 4 is 21.8 Å². The second-order valence-corrected chi connectivity index (χ2v) is 7.34. The number of rotatable bonds is 3. The van der Waals surface area contributed by atoms with Crippen molar-refractivity contribution in [1.29, 1.82) is 0 Å². The summed E-state index contributed by atoms with van der Waals surface area (Å²) in [4.78, 5) is 17.0. The quantitative estimate of drug-likeness (QED) is 0.888. The lowest BCUT2D eigenvalue weighted by molar-refractivity contribution is -0.144. The van der Waals surface area contributed by atoms with Crippen LogP contribution >= 0.6 is 15.9 Å². The Bertz CT molecular complexity index is 533. The Morgan fingerprint density at radius 1 is 1.27 bits per heavy atom. The number of nitrogens with one attached hydrogen (secondary N) is 1. The van der Waals surface area contributed by atoms with Crippen LogP contribution in [0.2, 0.25) is 0 Å². The maximum absolute atomic E-state index is 12.7. The number of likely N-dealkylation sites (N-methyl/N-ethyl adjacent to an activating group) is 1. The van der Waals surface area contributed by atoms with Gasteiger partial charge in [0.15, 0.2) is 0 Å². The molecular weight excluding hydrogens is 342 g/mol. The number of hydrogen-bond acceptors (Lipinski definition) is 3. The van der Waals surface area contributed by atoms with Crippen molar-refractivity contribution in [2.45, 2.75) is 37.9 Å². The van der Waals surface area contributed by atoms with E-state index in [1.165, 1.54) is 5.56 Å². The van der Waals surface area contributed by atoms with Gasteiger partial charge >= 0.3 is 0 Å². The molecule has 22 heavy (non-hydrogen) atoms. The lowest BCUT2D eigenvalue weighted by Gasteiger charge is -2.49. The van der Waals surface area contributed by atoms with Crippen LogP contribution in [0.4, 0.5) is 0 Å². The molecule has 2 heterocycles. The molecule has 0 aliphatic carbocycles. The lowest BCUT2D eigenvalue weighted by Crippen LogP contribution is -2.69. The molecule has 2 aliphatic heterocycles. The van der Waals surface area contributed by atoms with Crippen LogP contribution in [0.15, 0.2) is 28.7 Å². The number of carbonyl (C=O) groups excluding carboxylic acids is 1. The maximum atomic E-state index is 12.7. The number of benzene rings is 1. The third-order valence-electron chi connectivity index (χ3n) is 4.92. The highest BCUT2D eigenvalue weighted by molar-refractivity contribution is 9.10. The third kappa shape index (κ3) is 3.21. The van der Waals surface area contributed by atoms with Crippen molar-refractivity contribution in [1.82, 2.24) is 15.1 Å². The molecule has 3 rings (SSSR count). The first kappa shape index (κ1) is 16.0. The summed E-state index contributed by atoms with van der Waals surface area (Å²) in [5, 5.41) is 3.61. The van der Waals surface area contributed by atoms with Crippen molar-refractivity contribution in [3.05, 3.63) is 34.3 Å². The van der Waals surface area contributed by atoms with E-state index in [1.807, 2.05) is 11.9 Å². The fourth-order valence-electron chi connectivity index (χ4n) is 3.56. The normalized spacial score (nSPS) is 29.5. The Kier molecular flexibility index (Phi) is 4.85. The minimum Gasteiger partial charge on any atom is -0.343 e. The average molecular weight is 366 g/mol. The van der Waals surface area contributed by atoms with Crippen LogP contribution in [0.5, 0.6) is 0 Å². The van der Waals surface area contributed by atoms with Crippen LogP contribution in [-0.2, 0) is 11.2 Å². The van der Waals surface area contributed by atoms with Crippen molar-refractivity contribution in [3.8, 4) is 0 Å². The molecule has 0 spiro atoms. The molecule has 0 aromatic heterocycles. The highest BCUT2D eigenvalue weighted by Crippen LogP contribution is 2.23. The van der Waals surface area contributed by atoms with E-state index in [-0.39, 0.29) is 11.9 Å². The van der Waals surface area contributed by atoms with Crippen molar-refractivity contribution in [2.75, 3.05) is 26.7 Å². The van der Waals surface area contributed by atoms with Gasteiger partial charge in [0.2, 0.25) is 5.91 Å². The molecule has 2 fully saturated rings. The summed E-state index contributed by atoms with van der Waals surface area (Å²) >= 11 is 3.47. The minimum atomic E-state index is -0.0268. The number of halogens is 1. The van der Waals surface area contributed by atoms with E-state index in [1.54, 1.807) is 0 Å². The van der Waals surface area contributed by atoms with E-state index >= 15 is 0 Å². The summed E-state index contributed by atoms with van der Waals surface area (Å²) in [5.74, 6) is 0.260. The molecule has 1 aromatic carbocycles. The fourth-order valence-corrected chi connectivity index (χ4v) is 3.83. The fraction of sp³-hybridized carbons (Fsp3) is 0.588. The number of hydrogen-bond donors (Lipinski definition) is 1. The van der Waals surface area contributed by atoms with Crippen LogP contribution in [0.25, 0.3) is 0 Å². The van der Waals surface area contributed by atoms with Crippen LogP contribution in [0, 0.1) is 0 Å². The second kappa shape index (κ2) is 6.69. The molecule has 5 heteroatoms. The minimum absolute atomic E-state index is 0.0268. The van der Waals surface area contributed by atoms with E-state index < -0.39 is 0 Å². The van der Waals surface area contributed by atoms with Gasteiger partial charge < -0.3 is 10.2 Å². The smallest absolute Gasteiger partial charge is 0.240 e. The first-order valence-corrected chi connectivity index (χ1v) is 8.86. The summed E-state index contributed by atoms with van der Waals surface area (Å²) < 4.78 is 1.08. The zero-order chi connectivity index (χ0) is 15.7. The SMILES string of the molecule is CC[C@H]1CN2[C@H](CN1)CN(C)C(=O)[C@@H]2Cc1ccc(Br)cc1. The summed E-state index contributed by atoms with van der Waals surface area (Å²) in [7, 11) is 1.93. The second-order valence-electron chi connectivity index (χ2n) is 6.43. The largest absolute Gasteiger partial charge is 0.343 e. The summed E-state index contributed by atoms with van der Waals surface area (Å²) in [6.45, 7) is 4.99. The zero-order valence-corrected chi connectivity index (χ0v) is 14.8. The van der Waals surface area contributed by atoms with Gasteiger partial charge in [0, 0.05) is 43.2 Å². The molecule has 2 aliphatic rings. The summed E-state index contributed by atoms with van der Waals surface area (Å²) in [5.41, 5.74) is 1.22. The van der Waals surface area contributed by atoms with Crippen LogP contribution in [0.1, 0.15) is 18.9 Å². The summed E-state index contributed by atoms with van der Waals surface area (Å²) in [6, 6.07) is 9.24. The van der Waals surface area contributed by atoms with Crippen LogP contribution in [0.3, 0.4) is 0 Å². The Morgan fingerprint density at radius 2 is 2.00 bits per heavy atom. The molecule has 1 aromatic rings. The van der Waals surface area contributed by atoms with E-state index in [0.717, 1.165) is 36.9 Å². The average Bonchev–Trinajstić information content (AvgIpc) is 2.53. The number of carbonyl (C=O) groups is 1. The van der Waals surface area contributed by atoms with Gasteiger partial charge in [-0.15, -0.1) is 0 Å². The van der Waals surface area contributed by atoms with Gasteiger partial charge in [-0.1, -0.05) is 35.0 Å². The van der Waals surface area contributed by atoms with E-state index in [9.17, 15) is 4.79 Å².